The maximum atomic E-state index is 13.2. The summed E-state index contributed by atoms with van der Waals surface area (Å²) in [7, 11) is 0. The van der Waals surface area contributed by atoms with Gasteiger partial charge in [0.25, 0.3) is 0 Å². The quantitative estimate of drug-likeness (QED) is 0.115. The standard InChI is InChI=1S/C42H45N3O6S/c46-24-26-7-9-31(10-8-26)37-19-34(25-52-38-36(39(47)48)6-3-15-43-38)50-40(51-37)32-13-11-30(12-14-32)35-5-2-1-4-33(35)23-44-41(49)45-42-20-27-16-28(21-42)18-29(17-27)22-42/h1-15,27-29,34,37,40,46H,16-25H2,(H,47,48)(H2,44,45,49)/t27?,28?,29?,34-,37+,40+,42?/m0/s1. The van der Waals surface area contributed by atoms with Crippen LogP contribution in [0.3, 0.4) is 0 Å². The number of ether oxygens (including phenoxy) is 2. The van der Waals surface area contributed by atoms with E-state index in [0.717, 1.165) is 70.4 Å². The number of carbonyl (C=O) groups is 2. The fourth-order valence-electron chi connectivity index (χ4n) is 9.36. The largest absolute Gasteiger partial charge is 0.478 e. The number of aromatic carboxylic acids is 1. The summed E-state index contributed by atoms with van der Waals surface area (Å²) < 4.78 is 13.1. The number of rotatable bonds is 11. The molecule has 10 heteroatoms. The minimum absolute atomic E-state index is 0.0309. The van der Waals surface area contributed by atoms with E-state index in [1.807, 2.05) is 48.5 Å². The normalized spacial score (nSPS) is 27.6. The molecular weight excluding hydrogens is 675 g/mol. The fourth-order valence-corrected chi connectivity index (χ4v) is 10.4. The second-order valence-corrected chi connectivity index (χ2v) is 16.1. The van der Waals surface area contributed by atoms with E-state index >= 15 is 0 Å². The lowest BCUT2D eigenvalue weighted by Crippen LogP contribution is -2.61. The summed E-state index contributed by atoms with van der Waals surface area (Å²) in [5.41, 5.74) is 5.93. The Hall–Kier alpha value is -4.22. The van der Waals surface area contributed by atoms with Crippen LogP contribution < -0.4 is 10.6 Å². The van der Waals surface area contributed by atoms with Gasteiger partial charge in [0.1, 0.15) is 5.03 Å². The van der Waals surface area contributed by atoms with E-state index in [0.29, 0.717) is 23.7 Å². The number of thioether (sulfide) groups is 1. The van der Waals surface area contributed by atoms with Gasteiger partial charge in [-0.1, -0.05) is 72.8 Å². The van der Waals surface area contributed by atoms with Crippen LogP contribution >= 0.6 is 11.8 Å². The molecule has 3 atom stereocenters. The Balaban J connectivity index is 0.958. The summed E-state index contributed by atoms with van der Waals surface area (Å²) >= 11 is 1.37. The van der Waals surface area contributed by atoms with Crippen LogP contribution in [0, 0.1) is 17.8 Å². The van der Waals surface area contributed by atoms with Gasteiger partial charge in [-0.3, -0.25) is 0 Å². The number of carbonyl (C=O) groups excluding carboxylic acids is 1. The van der Waals surface area contributed by atoms with E-state index in [9.17, 15) is 19.8 Å². The molecule has 4 saturated carbocycles. The number of carboxylic acid groups (broad SMARTS) is 1. The predicted molar refractivity (Wildman–Crippen MR) is 198 cm³/mol. The molecule has 5 fully saturated rings. The predicted octanol–water partition coefficient (Wildman–Crippen LogP) is 8.04. The van der Waals surface area contributed by atoms with Crippen LogP contribution in [0.25, 0.3) is 11.1 Å². The molecule has 0 unspecified atom stereocenters. The smallest absolute Gasteiger partial charge is 0.338 e. The molecule has 3 aromatic carbocycles. The Morgan fingerprint density at radius 3 is 2.21 bits per heavy atom. The summed E-state index contributed by atoms with van der Waals surface area (Å²) in [6.07, 6.45) is 8.40. The highest BCUT2D eigenvalue weighted by atomic mass is 32.2. The van der Waals surface area contributed by atoms with Crippen LogP contribution in [-0.4, -0.2) is 44.6 Å². The Kier molecular flexibility index (Phi) is 10.1. The molecule has 1 saturated heterocycles. The van der Waals surface area contributed by atoms with Gasteiger partial charge in [-0.15, -0.1) is 11.8 Å². The average molecular weight is 720 g/mol. The van der Waals surface area contributed by atoms with Gasteiger partial charge in [-0.25, -0.2) is 14.6 Å². The second kappa shape index (κ2) is 15.0. The number of benzene rings is 3. The molecule has 9 rings (SSSR count). The minimum atomic E-state index is -1.01. The number of aliphatic hydroxyl groups excluding tert-OH is 1. The van der Waals surface area contributed by atoms with Crippen LogP contribution in [-0.2, 0) is 22.6 Å². The lowest BCUT2D eigenvalue weighted by Gasteiger charge is -2.56. The minimum Gasteiger partial charge on any atom is -0.478 e. The molecule has 1 aromatic heterocycles. The summed E-state index contributed by atoms with van der Waals surface area (Å²) in [5, 5.41) is 26.3. The first kappa shape index (κ1) is 34.8. The fraction of sp³-hybridized carbons (Fsp3) is 0.405. The molecular formula is C42H45N3O6S. The van der Waals surface area contributed by atoms with Crippen molar-refractivity contribution in [3.63, 3.8) is 0 Å². The number of hydrogen-bond donors (Lipinski definition) is 4. The van der Waals surface area contributed by atoms with Gasteiger partial charge in [0, 0.05) is 36.0 Å². The van der Waals surface area contributed by atoms with Gasteiger partial charge in [-0.2, -0.15) is 0 Å². The number of carboxylic acids is 1. The van der Waals surface area contributed by atoms with Crippen LogP contribution in [0.2, 0.25) is 0 Å². The van der Waals surface area contributed by atoms with E-state index in [1.54, 1.807) is 18.3 Å². The summed E-state index contributed by atoms with van der Waals surface area (Å²) in [5.74, 6) is 1.80. The summed E-state index contributed by atoms with van der Waals surface area (Å²) in [6.45, 7) is 0.397. The average Bonchev–Trinajstić information content (AvgIpc) is 3.16. The molecule has 4 aliphatic carbocycles. The lowest BCUT2D eigenvalue weighted by atomic mass is 9.53. The van der Waals surface area contributed by atoms with Crippen molar-refractivity contribution in [3.05, 3.63) is 119 Å². The first-order chi connectivity index (χ1) is 25.3. The molecule has 2 amide bonds. The van der Waals surface area contributed by atoms with E-state index in [1.165, 1.54) is 31.0 Å². The number of hydrogen-bond acceptors (Lipinski definition) is 7. The van der Waals surface area contributed by atoms with Crippen molar-refractivity contribution in [1.82, 2.24) is 15.6 Å². The zero-order chi connectivity index (χ0) is 35.7. The molecule has 4 aromatic rings. The Bertz CT molecular complexity index is 1870. The second-order valence-electron chi connectivity index (χ2n) is 15.1. The third-order valence-electron chi connectivity index (χ3n) is 11.4. The van der Waals surface area contributed by atoms with Crippen molar-refractivity contribution in [2.24, 2.45) is 17.8 Å². The highest BCUT2D eigenvalue weighted by Gasteiger charge is 2.51. The molecule has 4 bridgehead atoms. The molecule has 0 spiro atoms. The van der Waals surface area contributed by atoms with Crippen LogP contribution in [0.1, 0.15) is 90.0 Å². The van der Waals surface area contributed by atoms with Gasteiger partial charge >= 0.3 is 12.0 Å². The Labute approximate surface area is 308 Å². The van der Waals surface area contributed by atoms with Crippen molar-refractivity contribution in [1.29, 1.82) is 0 Å². The molecule has 4 N–H and O–H groups in total. The van der Waals surface area contributed by atoms with E-state index in [2.05, 4.69) is 39.9 Å². The van der Waals surface area contributed by atoms with Crippen LogP contribution in [0.5, 0.6) is 0 Å². The molecule has 0 radical (unpaired) electrons. The number of nitrogens with zero attached hydrogens (tertiary/aromatic N) is 1. The topological polar surface area (TPSA) is 130 Å². The van der Waals surface area contributed by atoms with Crippen molar-refractivity contribution < 1.29 is 29.3 Å². The van der Waals surface area contributed by atoms with E-state index in [-0.39, 0.29) is 35.9 Å². The van der Waals surface area contributed by atoms with Crippen molar-refractivity contribution >= 4 is 23.8 Å². The Morgan fingerprint density at radius 2 is 1.52 bits per heavy atom. The number of pyridine rings is 1. The van der Waals surface area contributed by atoms with Crippen molar-refractivity contribution in [2.75, 3.05) is 5.75 Å². The maximum Gasteiger partial charge on any atom is 0.338 e. The van der Waals surface area contributed by atoms with Crippen LogP contribution in [0.4, 0.5) is 4.79 Å². The first-order valence-corrected chi connectivity index (χ1v) is 19.4. The maximum absolute atomic E-state index is 13.2. The van der Waals surface area contributed by atoms with E-state index in [4.69, 9.17) is 9.47 Å². The zero-order valence-electron chi connectivity index (χ0n) is 29.1. The SMILES string of the molecule is O=C(NCc1ccccc1-c1ccc([C@@H]2O[C@H](CSc3ncccc3C(=O)O)C[C@H](c3ccc(CO)cc3)O2)cc1)NC12CC3CC(CC(C3)C1)C2. The molecule has 2 heterocycles. The van der Waals surface area contributed by atoms with Gasteiger partial charge in [0.05, 0.1) is 24.4 Å². The number of amides is 2. The number of aliphatic hydroxyl groups is 1. The van der Waals surface area contributed by atoms with Crippen molar-refractivity contribution in [2.45, 2.75) is 87.2 Å². The summed E-state index contributed by atoms with van der Waals surface area (Å²) in [6, 6.07) is 27.2. The molecule has 9 nitrogen and oxygen atoms in total. The van der Waals surface area contributed by atoms with Gasteiger partial charge < -0.3 is 30.3 Å². The number of nitrogens with one attached hydrogen (secondary N) is 2. The zero-order valence-corrected chi connectivity index (χ0v) is 29.9. The molecule has 270 valence electrons. The molecule has 52 heavy (non-hydrogen) atoms. The number of urea groups is 1. The number of aromatic nitrogens is 1. The van der Waals surface area contributed by atoms with Crippen LogP contribution in [0.15, 0.2) is 96.2 Å². The van der Waals surface area contributed by atoms with Gasteiger partial charge in [0.2, 0.25) is 0 Å². The van der Waals surface area contributed by atoms with E-state index < -0.39 is 12.3 Å². The van der Waals surface area contributed by atoms with Crippen molar-refractivity contribution in [3.8, 4) is 11.1 Å². The molecule has 1 aliphatic heterocycles. The highest BCUT2D eigenvalue weighted by molar-refractivity contribution is 7.99. The summed E-state index contributed by atoms with van der Waals surface area (Å²) in [4.78, 5) is 29.3. The first-order valence-electron chi connectivity index (χ1n) is 18.4. The van der Waals surface area contributed by atoms with Gasteiger partial charge in [-0.05, 0) is 96.2 Å². The third-order valence-corrected chi connectivity index (χ3v) is 12.5. The molecule has 5 aliphatic rings. The monoisotopic (exact) mass is 719 g/mol. The highest BCUT2D eigenvalue weighted by Crippen LogP contribution is 2.55. The lowest BCUT2D eigenvalue weighted by molar-refractivity contribution is -0.245. The van der Waals surface area contributed by atoms with Gasteiger partial charge in [0.15, 0.2) is 6.29 Å². The Morgan fingerprint density at radius 1 is 0.827 bits per heavy atom. The third kappa shape index (κ3) is 7.62.